The summed E-state index contributed by atoms with van der Waals surface area (Å²) in [5, 5.41) is 0. The zero-order chi connectivity index (χ0) is 22.0. The Balaban J connectivity index is 1.37. The molecule has 1 heterocycles. The molecule has 31 heavy (non-hydrogen) atoms. The van der Waals surface area contributed by atoms with Gasteiger partial charge in [0.15, 0.2) is 6.10 Å². The van der Waals surface area contributed by atoms with Crippen molar-refractivity contribution < 1.29 is 17.9 Å². The minimum absolute atomic E-state index is 0.0965. The summed E-state index contributed by atoms with van der Waals surface area (Å²) in [5.74, 6) is 0.708. The van der Waals surface area contributed by atoms with Crippen LogP contribution in [0.15, 0.2) is 47.4 Å². The number of carbonyl (C=O) groups is 1. The molecule has 2 aliphatic rings. The summed E-state index contributed by atoms with van der Waals surface area (Å²) in [4.78, 5) is 15.0. The van der Waals surface area contributed by atoms with Crippen LogP contribution < -0.4 is 4.74 Å². The van der Waals surface area contributed by atoms with Crippen molar-refractivity contribution in [2.24, 2.45) is 0 Å². The average molecular weight is 443 g/mol. The van der Waals surface area contributed by atoms with Gasteiger partial charge in [-0.1, -0.05) is 29.8 Å². The fraction of sp³-hybridized carbons (Fsp3) is 0.458. The number of hydrogen-bond acceptors (Lipinski definition) is 4. The Kier molecular flexibility index (Phi) is 6.34. The maximum absolute atomic E-state index is 13.0. The van der Waals surface area contributed by atoms with Crippen LogP contribution in [-0.2, 0) is 27.7 Å². The van der Waals surface area contributed by atoms with Gasteiger partial charge in [-0.3, -0.25) is 4.79 Å². The Labute approximate surface area is 184 Å². The van der Waals surface area contributed by atoms with Crippen LogP contribution in [0.2, 0.25) is 0 Å². The minimum Gasteiger partial charge on any atom is -0.481 e. The number of nitrogens with zero attached hydrogens (tertiary/aromatic N) is 2. The van der Waals surface area contributed by atoms with E-state index in [1.165, 1.54) is 21.9 Å². The fourth-order valence-corrected chi connectivity index (χ4v) is 5.79. The van der Waals surface area contributed by atoms with Gasteiger partial charge in [0.05, 0.1) is 4.90 Å². The number of hydrogen-bond donors (Lipinski definition) is 0. The molecule has 1 saturated heterocycles. The maximum atomic E-state index is 13.0. The lowest BCUT2D eigenvalue weighted by atomic mass is 9.91. The number of rotatable bonds is 5. The van der Waals surface area contributed by atoms with E-state index >= 15 is 0 Å². The fourth-order valence-electron chi connectivity index (χ4n) is 4.36. The van der Waals surface area contributed by atoms with Crippen LogP contribution in [0.25, 0.3) is 0 Å². The number of benzene rings is 2. The third-order valence-corrected chi connectivity index (χ3v) is 8.13. The number of ether oxygens (including phenoxy) is 1. The van der Waals surface area contributed by atoms with Gasteiger partial charge in [-0.2, -0.15) is 4.31 Å². The first-order valence-corrected chi connectivity index (χ1v) is 12.4. The van der Waals surface area contributed by atoms with E-state index in [1.54, 1.807) is 36.1 Å². The highest BCUT2D eigenvalue weighted by atomic mass is 32.2. The molecule has 6 nitrogen and oxygen atoms in total. The molecule has 166 valence electrons. The maximum Gasteiger partial charge on any atom is 0.263 e. The molecule has 0 spiro atoms. The van der Waals surface area contributed by atoms with Crippen LogP contribution in [0.3, 0.4) is 0 Å². The summed E-state index contributed by atoms with van der Waals surface area (Å²) >= 11 is 0. The molecule has 1 aliphatic carbocycles. The molecule has 2 aromatic carbocycles. The molecule has 0 bridgehead atoms. The highest BCUT2D eigenvalue weighted by Crippen LogP contribution is 2.30. The van der Waals surface area contributed by atoms with E-state index in [1.807, 2.05) is 19.1 Å². The van der Waals surface area contributed by atoms with Gasteiger partial charge in [0, 0.05) is 26.2 Å². The number of aryl methyl sites for hydroxylation is 2. The van der Waals surface area contributed by atoms with Crippen molar-refractivity contribution in [3.63, 3.8) is 0 Å². The summed E-state index contributed by atoms with van der Waals surface area (Å²) in [5.41, 5.74) is 3.56. The zero-order valence-corrected chi connectivity index (χ0v) is 19.0. The Morgan fingerprint density at radius 1 is 0.968 bits per heavy atom. The van der Waals surface area contributed by atoms with Crippen molar-refractivity contribution in [3.8, 4) is 5.75 Å². The van der Waals surface area contributed by atoms with Gasteiger partial charge in [-0.05, 0) is 68.9 Å². The topological polar surface area (TPSA) is 66.9 Å². The second-order valence-corrected chi connectivity index (χ2v) is 10.3. The van der Waals surface area contributed by atoms with Crippen molar-refractivity contribution in [1.82, 2.24) is 9.21 Å². The number of amides is 1. The van der Waals surface area contributed by atoms with Crippen LogP contribution in [0.5, 0.6) is 5.75 Å². The van der Waals surface area contributed by atoms with Gasteiger partial charge in [0.2, 0.25) is 10.0 Å². The Bertz CT molecular complexity index is 1040. The molecule has 0 N–H and O–H groups in total. The van der Waals surface area contributed by atoms with Gasteiger partial charge < -0.3 is 9.64 Å². The minimum atomic E-state index is -3.54. The van der Waals surface area contributed by atoms with E-state index in [0.717, 1.165) is 30.6 Å². The normalized spacial score (nSPS) is 18.3. The third-order valence-electron chi connectivity index (χ3n) is 6.21. The van der Waals surface area contributed by atoms with E-state index < -0.39 is 16.1 Å². The second kappa shape index (κ2) is 9.01. The van der Waals surface area contributed by atoms with E-state index in [9.17, 15) is 13.2 Å². The lowest BCUT2D eigenvalue weighted by Gasteiger charge is -2.35. The predicted octanol–water partition coefficient (Wildman–Crippen LogP) is 3.17. The predicted molar refractivity (Wildman–Crippen MR) is 120 cm³/mol. The number of fused-ring (bicyclic) bond motifs is 1. The first kappa shape index (κ1) is 21.8. The van der Waals surface area contributed by atoms with E-state index in [-0.39, 0.29) is 19.0 Å². The van der Waals surface area contributed by atoms with Crippen LogP contribution >= 0.6 is 0 Å². The largest absolute Gasteiger partial charge is 0.481 e. The first-order valence-electron chi connectivity index (χ1n) is 11.0. The van der Waals surface area contributed by atoms with Crippen LogP contribution in [0.1, 0.15) is 36.5 Å². The average Bonchev–Trinajstić information content (AvgIpc) is 2.79. The highest BCUT2D eigenvalue weighted by Gasteiger charge is 2.32. The summed E-state index contributed by atoms with van der Waals surface area (Å²) in [6.07, 6.45) is 3.79. The van der Waals surface area contributed by atoms with Gasteiger partial charge in [0.25, 0.3) is 5.91 Å². The molecule has 1 amide bonds. The lowest BCUT2D eigenvalue weighted by molar-refractivity contribution is -0.139. The standard InChI is InChI=1S/C24H30N2O4S/c1-18-10-12-21(13-11-18)31(28,29)26-16-14-25(15-17-26)24(27)19(2)30-23-9-5-7-20-6-3-4-8-22(20)23/h5,7,9-13,19H,3-4,6,8,14-17H2,1-2H3. The molecular formula is C24H30N2O4S. The molecule has 1 unspecified atom stereocenters. The van der Waals surface area contributed by atoms with Crippen molar-refractivity contribution in [3.05, 3.63) is 59.2 Å². The van der Waals surface area contributed by atoms with Crippen LogP contribution in [0.4, 0.5) is 0 Å². The van der Waals surface area contributed by atoms with Crippen molar-refractivity contribution in [2.75, 3.05) is 26.2 Å². The third kappa shape index (κ3) is 4.62. The lowest BCUT2D eigenvalue weighted by Crippen LogP contribution is -2.53. The van der Waals surface area contributed by atoms with Gasteiger partial charge in [-0.15, -0.1) is 0 Å². The van der Waals surface area contributed by atoms with E-state index in [4.69, 9.17) is 4.74 Å². The molecule has 7 heteroatoms. The molecule has 1 fully saturated rings. The van der Waals surface area contributed by atoms with Gasteiger partial charge >= 0.3 is 0 Å². The molecule has 4 rings (SSSR count). The second-order valence-electron chi connectivity index (χ2n) is 8.40. The number of carbonyl (C=O) groups excluding carboxylic acids is 1. The molecule has 1 atom stereocenters. The summed E-state index contributed by atoms with van der Waals surface area (Å²) < 4.78 is 33.3. The molecule has 0 aromatic heterocycles. The molecule has 0 radical (unpaired) electrons. The number of sulfonamides is 1. The van der Waals surface area contributed by atoms with Gasteiger partial charge in [0.1, 0.15) is 5.75 Å². The summed E-state index contributed by atoms with van der Waals surface area (Å²) in [7, 11) is -3.54. The Morgan fingerprint density at radius 3 is 2.35 bits per heavy atom. The SMILES string of the molecule is Cc1ccc(S(=O)(=O)N2CCN(C(=O)C(C)Oc3cccc4c3CCCC4)CC2)cc1. The van der Waals surface area contributed by atoms with E-state index in [2.05, 4.69) is 6.07 Å². The summed E-state index contributed by atoms with van der Waals surface area (Å²) in [6.45, 7) is 5.01. The molecule has 1 aliphatic heterocycles. The quantitative estimate of drug-likeness (QED) is 0.713. The van der Waals surface area contributed by atoms with Crippen molar-refractivity contribution in [2.45, 2.75) is 50.5 Å². The molecular weight excluding hydrogens is 412 g/mol. The molecule has 0 saturated carbocycles. The zero-order valence-electron chi connectivity index (χ0n) is 18.2. The first-order chi connectivity index (χ1) is 14.9. The van der Waals surface area contributed by atoms with Crippen molar-refractivity contribution in [1.29, 1.82) is 0 Å². The molecule has 2 aromatic rings. The monoisotopic (exact) mass is 442 g/mol. The van der Waals surface area contributed by atoms with Gasteiger partial charge in [-0.25, -0.2) is 8.42 Å². The highest BCUT2D eigenvalue weighted by molar-refractivity contribution is 7.89. The Morgan fingerprint density at radius 2 is 1.65 bits per heavy atom. The summed E-state index contributed by atoms with van der Waals surface area (Å²) in [6, 6.07) is 13.0. The van der Waals surface area contributed by atoms with Crippen molar-refractivity contribution >= 4 is 15.9 Å². The van der Waals surface area contributed by atoms with Crippen LogP contribution in [-0.4, -0.2) is 55.8 Å². The Hall–Kier alpha value is -2.38. The number of piperazine rings is 1. The van der Waals surface area contributed by atoms with Crippen LogP contribution in [0, 0.1) is 6.92 Å². The smallest absolute Gasteiger partial charge is 0.263 e. The van der Waals surface area contributed by atoms with E-state index in [0.29, 0.717) is 18.0 Å².